The summed E-state index contributed by atoms with van der Waals surface area (Å²) in [5, 5.41) is 10.4. The lowest BCUT2D eigenvalue weighted by Crippen LogP contribution is -2.64. The van der Waals surface area contributed by atoms with E-state index >= 15 is 0 Å². The van der Waals surface area contributed by atoms with Crippen LogP contribution in [0.4, 0.5) is 10.5 Å². The van der Waals surface area contributed by atoms with Gasteiger partial charge in [-0.05, 0) is 68.0 Å². The van der Waals surface area contributed by atoms with Gasteiger partial charge in [0.2, 0.25) is 11.8 Å². The van der Waals surface area contributed by atoms with Crippen LogP contribution < -0.4 is 20.7 Å². The van der Waals surface area contributed by atoms with Crippen molar-refractivity contribution in [1.82, 2.24) is 20.7 Å². The molecule has 226 valence electrons. The number of amides is 5. The van der Waals surface area contributed by atoms with Crippen LogP contribution in [0.1, 0.15) is 46.0 Å². The number of carbonyl (C=O) groups excluding carboxylic acids is 5. The second-order valence-electron chi connectivity index (χ2n) is 10.8. The third-order valence-electron chi connectivity index (χ3n) is 7.11. The van der Waals surface area contributed by atoms with Gasteiger partial charge in [-0.3, -0.25) is 24.2 Å². The molecule has 0 aromatic heterocycles. The summed E-state index contributed by atoms with van der Waals surface area (Å²) in [6.07, 6.45) is 1.78. The molecule has 0 radical (unpaired) electrons. The van der Waals surface area contributed by atoms with E-state index in [0.717, 1.165) is 11.2 Å². The van der Waals surface area contributed by atoms with Crippen LogP contribution in [0, 0.1) is 5.92 Å². The molecule has 3 atom stereocenters. The first-order chi connectivity index (χ1) is 20.7. The van der Waals surface area contributed by atoms with Crippen molar-refractivity contribution >= 4 is 41.4 Å². The molecule has 2 fully saturated rings. The highest BCUT2D eigenvalue weighted by molar-refractivity contribution is 6.28. The van der Waals surface area contributed by atoms with Crippen LogP contribution in [0.25, 0.3) is 5.53 Å². The maximum atomic E-state index is 13.7. The molecule has 13 heteroatoms. The summed E-state index contributed by atoms with van der Waals surface area (Å²) >= 11 is 0. The van der Waals surface area contributed by atoms with Crippen LogP contribution in [0.5, 0.6) is 11.5 Å². The van der Waals surface area contributed by atoms with Crippen molar-refractivity contribution in [2.75, 3.05) is 11.9 Å². The number of ketones is 1. The number of urea groups is 1. The number of carbonyl (C=O) groups is 5. The summed E-state index contributed by atoms with van der Waals surface area (Å²) in [4.78, 5) is 68.2. The van der Waals surface area contributed by atoms with Gasteiger partial charge in [-0.1, -0.05) is 32.0 Å². The fourth-order valence-corrected chi connectivity index (χ4v) is 5.09. The topological polar surface area (TPSA) is 174 Å². The average Bonchev–Trinajstić information content (AvgIpc) is 3.10. The van der Waals surface area contributed by atoms with Crippen LogP contribution in [0.2, 0.25) is 0 Å². The predicted molar refractivity (Wildman–Crippen MR) is 156 cm³/mol. The maximum absolute atomic E-state index is 13.7. The molecule has 0 bridgehead atoms. The quantitative estimate of drug-likeness (QED) is 0.218. The Kier molecular flexibility index (Phi) is 10.2. The standard InChI is InChI=1S/C30H35N7O6/c1-19(2)17-24(26(38)18-32-31)34-28(40)25-9-6-16-36-27(39)15-14-23(29(41)37(25)36)35-30(42)33-20-10-12-22(13-11-20)43-21-7-4-3-5-8-21/h3-5,7-8,10-13,18-19,23-25H,6,9,14-17H2,1-2H3,(H,34,40)(H2,33,35,42)/t23?,24-,25-/m0/s1. The first kappa shape index (κ1) is 30.9. The molecule has 13 nitrogen and oxygen atoms in total. The summed E-state index contributed by atoms with van der Waals surface area (Å²) in [5.74, 6) is -0.870. The molecule has 3 N–H and O–H groups in total. The van der Waals surface area contributed by atoms with E-state index in [9.17, 15) is 24.0 Å². The van der Waals surface area contributed by atoms with E-state index in [1.807, 2.05) is 44.2 Å². The zero-order valence-corrected chi connectivity index (χ0v) is 24.1. The van der Waals surface area contributed by atoms with Crippen molar-refractivity contribution in [3.05, 3.63) is 60.1 Å². The minimum Gasteiger partial charge on any atom is -0.457 e. The van der Waals surface area contributed by atoms with Gasteiger partial charge in [0.25, 0.3) is 11.7 Å². The minimum absolute atomic E-state index is 0.00548. The molecule has 2 heterocycles. The molecular weight excluding hydrogens is 554 g/mol. The molecule has 2 aromatic rings. The molecule has 0 aliphatic carbocycles. The summed E-state index contributed by atoms with van der Waals surface area (Å²) in [6.45, 7) is 3.99. The first-order valence-electron chi connectivity index (χ1n) is 14.2. The Morgan fingerprint density at radius 2 is 1.74 bits per heavy atom. The summed E-state index contributed by atoms with van der Waals surface area (Å²) < 4.78 is 5.76. The van der Waals surface area contributed by atoms with Gasteiger partial charge in [-0.2, -0.15) is 4.79 Å². The summed E-state index contributed by atoms with van der Waals surface area (Å²) in [5.41, 5.74) is 9.26. The van der Waals surface area contributed by atoms with Crippen molar-refractivity contribution in [3.8, 4) is 11.5 Å². The zero-order valence-electron chi connectivity index (χ0n) is 24.1. The number of rotatable bonds is 10. The van der Waals surface area contributed by atoms with E-state index in [4.69, 9.17) is 10.3 Å². The van der Waals surface area contributed by atoms with E-state index in [-0.39, 0.29) is 44.1 Å². The number of para-hydroxylation sites is 1. The van der Waals surface area contributed by atoms with Crippen molar-refractivity contribution in [1.29, 1.82) is 0 Å². The Bertz CT molecular complexity index is 1390. The third-order valence-corrected chi connectivity index (χ3v) is 7.11. The normalized spacial score (nSPS) is 19.0. The molecular formula is C30H35N7O6. The van der Waals surface area contributed by atoms with Crippen molar-refractivity contribution in [2.24, 2.45) is 5.92 Å². The lowest BCUT2D eigenvalue weighted by Gasteiger charge is -2.43. The molecule has 2 aromatic carbocycles. The molecule has 2 aliphatic rings. The number of hydrazine groups is 1. The highest BCUT2D eigenvalue weighted by atomic mass is 16.5. The fraction of sp³-hybridized carbons (Fsp3) is 0.400. The van der Waals surface area contributed by atoms with Gasteiger partial charge in [-0.25, -0.2) is 9.80 Å². The number of nitrogens with one attached hydrogen (secondary N) is 3. The van der Waals surface area contributed by atoms with E-state index in [1.54, 1.807) is 24.3 Å². The minimum atomic E-state index is -1.07. The number of ether oxygens (including phenoxy) is 1. The predicted octanol–water partition coefficient (Wildman–Crippen LogP) is 2.90. The maximum Gasteiger partial charge on any atom is 0.325 e. The van der Waals surface area contributed by atoms with Crippen LogP contribution in [0.15, 0.2) is 54.6 Å². The SMILES string of the molecule is CC(C)C[C@H](NC(=O)[C@@H]1CCCN2C(=O)CCC(NC(=O)Nc3ccc(Oc4ccccc4)cc3)C(=O)N12)C(=O)C=[N+]=[N-]. The molecule has 43 heavy (non-hydrogen) atoms. The molecule has 0 spiro atoms. The Morgan fingerprint density at radius 3 is 2.42 bits per heavy atom. The lowest BCUT2D eigenvalue weighted by atomic mass is 9.99. The largest absolute Gasteiger partial charge is 0.457 e. The van der Waals surface area contributed by atoms with Gasteiger partial charge in [0.05, 0.1) is 6.04 Å². The zero-order chi connectivity index (χ0) is 30.9. The monoisotopic (exact) mass is 589 g/mol. The Balaban J connectivity index is 1.44. The number of benzene rings is 2. The van der Waals surface area contributed by atoms with Gasteiger partial charge in [0.15, 0.2) is 0 Å². The number of anilines is 1. The second-order valence-corrected chi connectivity index (χ2v) is 10.8. The van der Waals surface area contributed by atoms with Crippen LogP contribution in [-0.4, -0.2) is 75.2 Å². The number of hydrogen-bond donors (Lipinski definition) is 3. The number of fused-ring (bicyclic) bond motifs is 1. The van der Waals surface area contributed by atoms with Gasteiger partial charge in [0, 0.05) is 18.7 Å². The van der Waals surface area contributed by atoms with Crippen molar-refractivity contribution in [3.63, 3.8) is 0 Å². The van der Waals surface area contributed by atoms with E-state index in [1.165, 1.54) is 5.01 Å². The summed E-state index contributed by atoms with van der Waals surface area (Å²) in [7, 11) is 0. The average molecular weight is 590 g/mol. The molecule has 0 saturated carbocycles. The van der Waals surface area contributed by atoms with Gasteiger partial charge >= 0.3 is 12.2 Å². The van der Waals surface area contributed by atoms with E-state index in [2.05, 4.69) is 20.7 Å². The molecule has 1 unspecified atom stereocenters. The van der Waals surface area contributed by atoms with E-state index in [0.29, 0.717) is 23.6 Å². The van der Waals surface area contributed by atoms with Gasteiger partial charge < -0.3 is 26.2 Å². The second kappa shape index (κ2) is 14.2. The smallest absolute Gasteiger partial charge is 0.325 e. The highest BCUT2D eigenvalue weighted by Gasteiger charge is 2.45. The molecule has 2 saturated heterocycles. The summed E-state index contributed by atoms with van der Waals surface area (Å²) in [6, 6.07) is 12.2. The lowest BCUT2D eigenvalue weighted by molar-refractivity contribution is -0.176. The number of hydrogen-bond acceptors (Lipinski definition) is 6. The Labute approximate surface area is 249 Å². The highest BCUT2D eigenvalue weighted by Crippen LogP contribution is 2.26. The molecule has 4 rings (SSSR count). The fourth-order valence-electron chi connectivity index (χ4n) is 5.09. The molecule has 2 aliphatic heterocycles. The van der Waals surface area contributed by atoms with Gasteiger partial charge in [-0.15, -0.1) is 0 Å². The number of Topliss-reactive ketones (excluding diaryl/α,β-unsaturated/α-hetero) is 1. The van der Waals surface area contributed by atoms with Crippen molar-refractivity contribution in [2.45, 2.75) is 64.1 Å². The Morgan fingerprint density at radius 1 is 1.05 bits per heavy atom. The Hall–Kier alpha value is -5.03. The van der Waals surface area contributed by atoms with Crippen molar-refractivity contribution < 1.29 is 33.5 Å². The third kappa shape index (κ3) is 8.04. The van der Waals surface area contributed by atoms with Crippen LogP contribution in [-0.2, 0) is 19.2 Å². The van der Waals surface area contributed by atoms with Crippen LogP contribution >= 0.6 is 0 Å². The van der Waals surface area contributed by atoms with Gasteiger partial charge in [0.1, 0.15) is 23.6 Å². The first-order valence-corrected chi connectivity index (χ1v) is 14.2. The van der Waals surface area contributed by atoms with Crippen LogP contribution in [0.3, 0.4) is 0 Å². The molecule has 5 amide bonds. The van der Waals surface area contributed by atoms with E-state index < -0.39 is 41.8 Å². The number of nitrogens with zero attached hydrogens (tertiary/aromatic N) is 4.